The molecule has 0 saturated heterocycles. The molecule has 1 aromatic heterocycles. The van der Waals surface area contributed by atoms with Crippen LogP contribution in [0.5, 0.6) is 0 Å². The molecule has 1 aliphatic heterocycles. The maximum absolute atomic E-state index is 11.4. The first-order chi connectivity index (χ1) is 9.99. The number of rotatable bonds is 2. The van der Waals surface area contributed by atoms with Gasteiger partial charge in [0, 0.05) is 22.8 Å². The highest BCUT2D eigenvalue weighted by atomic mass is 32.1. The van der Waals surface area contributed by atoms with Gasteiger partial charge in [-0.1, -0.05) is 0 Å². The molecule has 4 nitrogen and oxygen atoms in total. The van der Waals surface area contributed by atoms with E-state index in [4.69, 9.17) is 5.73 Å². The molecule has 0 aliphatic carbocycles. The summed E-state index contributed by atoms with van der Waals surface area (Å²) in [5.74, 6) is -0.974. The normalized spacial score (nSPS) is 17.6. The molecule has 1 aliphatic rings. The van der Waals surface area contributed by atoms with E-state index in [-0.39, 0.29) is 11.6 Å². The number of hydrogen-bond acceptors (Lipinski definition) is 4. The van der Waals surface area contributed by atoms with E-state index in [1.807, 2.05) is 13.0 Å². The molecule has 110 valence electrons. The van der Waals surface area contributed by atoms with Gasteiger partial charge in [-0.15, -0.1) is 11.3 Å². The van der Waals surface area contributed by atoms with E-state index in [1.54, 1.807) is 17.4 Å². The zero-order valence-electron chi connectivity index (χ0n) is 12.1. The summed E-state index contributed by atoms with van der Waals surface area (Å²) in [4.78, 5) is 15.0. The number of thiophene rings is 1. The Labute approximate surface area is 127 Å². The lowest BCUT2D eigenvalue weighted by molar-refractivity contribution is 0.0698. The van der Waals surface area contributed by atoms with Crippen LogP contribution in [0.4, 0.5) is 11.4 Å². The van der Waals surface area contributed by atoms with Gasteiger partial charge < -0.3 is 15.7 Å². The predicted molar refractivity (Wildman–Crippen MR) is 86.3 cm³/mol. The summed E-state index contributed by atoms with van der Waals surface area (Å²) in [6.45, 7) is 4.92. The highest BCUT2D eigenvalue weighted by Crippen LogP contribution is 2.37. The zero-order valence-corrected chi connectivity index (χ0v) is 12.9. The number of aromatic carboxylic acids is 1. The molecule has 1 atom stereocenters. The molecule has 3 N–H and O–H groups in total. The SMILES string of the molecule is Cc1cc(N2CCc3sccc3C2C)cc(C(=O)O)c1N. The van der Waals surface area contributed by atoms with Crippen molar-refractivity contribution in [1.82, 2.24) is 0 Å². The topological polar surface area (TPSA) is 66.6 Å². The number of nitrogens with zero attached hydrogens (tertiary/aromatic N) is 1. The number of carboxylic acids is 1. The van der Waals surface area contributed by atoms with Gasteiger partial charge in [-0.3, -0.25) is 0 Å². The molecule has 2 aromatic rings. The number of fused-ring (bicyclic) bond motifs is 1. The predicted octanol–water partition coefficient (Wildman–Crippen LogP) is 3.46. The maximum Gasteiger partial charge on any atom is 0.337 e. The molecule has 0 radical (unpaired) electrons. The maximum atomic E-state index is 11.4. The molecule has 0 amide bonds. The summed E-state index contributed by atoms with van der Waals surface area (Å²) in [5, 5.41) is 11.4. The summed E-state index contributed by atoms with van der Waals surface area (Å²) < 4.78 is 0. The van der Waals surface area contributed by atoms with Crippen molar-refractivity contribution < 1.29 is 9.90 Å². The first kappa shape index (κ1) is 13.9. The molecule has 0 bridgehead atoms. The molecular formula is C16H18N2O2S. The van der Waals surface area contributed by atoms with E-state index in [0.29, 0.717) is 5.69 Å². The molecule has 3 rings (SSSR count). The fourth-order valence-electron chi connectivity index (χ4n) is 2.98. The van der Waals surface area contributed by atoms with Gasteiger partial charge in [-0.05, 0) is 55.0 Å². The van der Waals surface area contributed by atoms with E-state index in [9.17, 15) is 9.90 Å². The molecule has 0 fully saturated rings. The number of benzene rings is 1. The van der Waals surface area contributed by atoms with Gasteiger partial charge in [-0.25, -0.2) is 4.79 Å². The van der Waals surface area contributed by atoms with Crippen LogP contribution in [0.1, 0.15) is 39.3 Å². The second-order valence-corrected chi connectivity index (χ2v) is 6.45. The summed E-state index contributed by atoms with van der Waals surface area (Å²) in [5.41, 5.74) is 9.51. The van der Waals surface area contributed by atoms with Crippen LogP contribution in [-0.2, 0) is 6.42 Å². The summed E-state index contributed by atoms with van der Waals surface area (Å²) in [6.07, 6.45) is 1.00. The number of anilines is 2. The smallest absolute Gasteiger partial charge is 0.337 e. The van der Waals surface area contributed by atoms with E-state index in [2.05, 4.69) is 23.3 Å². The standard InChI is InChI=1S/C16H18N2O2S/c1-9-7-11(8-13(15(9)17)16(19)20)18-5-3-14-12(10(18)2)4-6-21-14/h4,6-8,10H,3,5,17H2,1-2H3,(H,19,20). The van der Waals surface area contributed by atoms with Crippen molar-refractivity contribution in [2.45, 2.75) is 26.3 Å². The zero-order chi connectivity index (χ0) is 15.1. The van der Waals surface area contributed by atoms with Gasteiger partial charge in [0.1, 0.15) is 0 Å². The van der Waals surface area contributed by atoms with Gasteiger partial charge in [0.25, 0.3) is 0 Å². The Morgan fingerprint density at radius 3 is 2.95 bits per heavy atom. The molecular weight excluding hydrogens is 284 g/mol. The molecule has 0 saturated carbocycles. The van der Waals surface area contributed by atoms with Gasteiger partial charge in [0.15, 0.2) is 0 Å². The lowest BCUT2D eigenvalue weighted by atomic mass is 9.99. The summed E-state index contributed by atoms with van der Waals surface area (Å²) >= 11 is 1.80. The third-order valence-corrected chi connectivity index (χ3v) is 5.21. The minimum atomic E-state index is -0.974. The van der Waals surface area contributed by atoms with Crippen molar-refractivity contribution in [3.05, 3.63) is 45.1 Å². The van der Waals surface area contributed by atoms with E-state index in [0.717, 1.165) is 24.2 Å². The Bertz CT molecular complexity index is 708. The molecule has 21 heavy (non-hydrogen) atoms. The van der Waals surface area contributed by atoms with Crippen LogP contribution in [-0.4, -0.2) is 17.6 Å². The summed E-state index contributed by atoms with van der Waals surface area (Å²) in [6, 6.07) is 6.09. The number of hydrogen-bond donors (Lipinski definition) is 2. The van der Waals surface area contributed by atoms with Gasteiger partial charge in [0.05, 0.1) is 11.6 Å². The fraction of sp³-hybridized carbons (Fsp3) is 0.312. The fourth-order valence-corrected chi connectivity index (χ4v) is 3.95. The second kappa shape index (κ2) is 5.07. The first-order valence-electron chi connectivity index (χ1n) is 6.95. The van der Waals surface area contributed by atoms with E-state index >= 15 is 0 Å². The number of aryl methyl sites for hydroxylation is 1. The minimum absolute atomic E-state index is 0.188. The minimum Gasteiger partial charge on any atom is -0.478 e. The monoisotopic (exact) mass is 302 g/mol. The molecule has 0 spiro atoms. The van der Waals surface area contributed by atoms with Crippen molar-refractivity contribution >= 4 is 28.7 Å². The lowest BCUT2D eigenvalue weighted by Crippen LogP contribution is -2.33. The van der Waals surface area contributed by atoms with Crippen molar-refractivity contribution in [3.8, 4) is 0 Å². The van der Waals surface area contributed by atoms with Crippen LogP contribution >= 0.6 is 11.3 Å². The number of carboxylic acid groups (broad SMARTS) is 1. The van der Waals surface area contributed by atoms with Crippen LogP contribution in [0.25, 0.3) is 0 Å². The van der Waals surface area contributed by atoms with Crippen LogP contribution in [0, 0.1) is 6.92 Å². The number of nitrogens with two attached hydrogens (primary N) is 1. The average molecular weight is 302 g/mol. The van der Waals surface area contributed by atoms with Crippen molar-refractivity contribution in [1.29, 1.82) is 0 Å². The highest BCUT2D eigenvalue weighted by Gasteiger charge is 2.26. The Kier molecular flexibility index (Phi) is 3.37. The molecule has 2 heterocycles. The molecule has 1 unspecified atom stereocenters. The van der Waals surface area contributed by atoms with Gasteiger partial charge in [-0.2, -0.15) is 0 Å². The first-order valence-corrected chi connectivity index (χ1v) is 7.83. The number of nitrogen functional groups attached to an aromatic ring is 1. The Morgan fingerprint density at radius 1 is 1.48 bits per heavy atom. The third-order valence-electron chi connectivity index (χ3n) is 4.21. The number of carbonyl (C=O) groups is 1. The molecule has 1 aromatic carbocycles. The van der Waals surface area contributed by atoms with Crippen molar-refractivity contribution in [3.63, 3.8) is 0 Å². The van der Waals surface area contributed by atoms with Gasteiger partial charge >= 0.3 is 5.97 Å². The Morgan fingerprint density at radius 2 is 2.24 bits per heavy atom. The average Bonchev–Trinajstić information content (AvgIpc) is 2.91. The van der Waals surface area contributed by atoms with Crippen molar-refractivity contribution in [2.75, 3.05) is 17.2 Å². The second-order valence-electron chi connectivity index (χ2n) is 5.45. The van der Waals surface area contributed by atoms with E-state index < -0.39 is 5.97 Å². The van der Waals surface area contributed by atoms with Gasteiger partial charge in [0.2, 0.25) is 0 Å². The van der Waals surface area contributed by atoms with Crippen molar-refractivity contribution in [2.24, 2.45) is 0 Å². The highest BCUT2D eigenvalue weighted by molar-refractivity contribution is 7.10. The van der Waals surface area contributed by atoms with Crippen LogP contribution in [0.3, 0.4) is 0 Å². The Balaban J connectivity index is 2.04. The summed E-state index contributed by atoms with van der Waals surface area (Å²) in [7, 11) is 0. The molecule has 5 heteroatoms. The Hall–Kier alpha value is -2.01. The third kappa shape index (κ3) is 2.27. The quantitative estimate of drug-likeness (QED) is 0.834. The van der Waals surface area contributed by atoms with Crippen LogP contribution < -0.4 is 10.6 Å². The lowest BCUT2D eigenvalue weighted by Gasteiger charge is -2.36. The van der Waals surface area contributed by atoms with Crippen LogP contribution in [0.15, 0.2) is 23.6 Å². The van der Waals surface area contributed by atoms with E-state index in [1.165, 1.54) is 10.4 Å². The largest absolute Gasteiger partial charge is 0.478 e. The van der Waals surface area contributed by atoms with Crippen LogP contribution in [0.2, 0.25) is 0 Å².